The summed E-state index contributed by atoms with van der Waals surface area (Å²) in [7, 11) is 0. The number of nitrogens with zero attached hydrogens (tertiary/aromatic N) is 2. The quantitative estimate of drug-likeness (QED) is 0.915. The van der Waals surface area contributed by atoms with Gasteiger partial charge in [-0.15, -0.1) is 0 Å². The molecule has 0 radical (unpaired) electrons. The first-order valence-electron chi connectivity index (χ1n) is 6.63. The molecule has 2 atom stereocenters. The van der Waals surface area contributed by atoms with E-state index >= 15 is 0 Å². The van der Waals surface area contributed by atoms with E-state index in [1.54, 1.807) is 4.57 Å². The highest BCUT2D eigenvalue weighted by Crippen LogP contribution is 2.40. The summed E-state index contributed by atoms with van der Waals surface area (Å²) in [4.78, 5) is 11.7. The van der Waals surface area contributed by atoms with Gasteiger partial charge >= 0.3 is 5.69 Å². The molecular weight excluding hydrogens is 242 g/mol. The number of hydrogen-bond donors (Lipinski definition) is 1. The van der Waals surface area contributed by atoms with Crippen molar-refractivity contribution in [1.29, 1.82) is 0 Å². The van der Waals surface area contributed by atoms with Crippen LogP contribution in [0.1, 0.15) is 36.8 Å². The van der Waals surface area contributed by atoms with E-state index < -0.39 is 0 Å². The molecule has 0 aliphatic carbocycles. The van der Waals surface area contributed by atoms with Crippen LogP contribution in [0, 0.1) is 0 Å². The fraction of sp³-hybridized carbons (Fsp3) is 0.429. The molecule has 1 aromatic heterocycles. The van der Waals surface area contributed by atoms with Gasteiger partial charge in [-0.3, -0.25) is 4.57 Å². The summed E-state index contributed by atoms with van der Waals surface area (Å²) in [5.41, 5.74) is 1.07. The van der Waals surface area contributed by atoms with Gasteiger partial charge in [-0.1, -0.05) is 30.3 Å². The van der Waals surface area contributed by atoms with E-state index in [1.807, 2.05) is 25.1 Å². The van der Waals surface area contributed by atoms with Crippen LogP contribution in [0.15, 0.2) is 35.1 Å². The molecule has 0 spiro atoms. The lowest BCUT2D eigenvalue weighted by atomic mass is 9.92. The first kappa shape index (κ1) is 12.2. The van der Waals surface area contributed by atoms with E-state index in [0.717, 1.165) is 6.42 Å². The molecule has 1 aliphatic heterocycles. The Kier molecular flexibility index (Phi) is 3.21. The molecule has 2 aromatic rings. The molecule has 0 amide bonds. The van der Waals surface area contributed by atoms with E-state index in [4.69, 9.17) is 4.74 Å². The average Bonchev–Trinajstić information content (AvgIpc) is 3.05. The fourth-order valence-electron chi connectivity index (χ4n) is 2.74. The number of hydrogen-bond acceptors (Lipinski definition) is 3. The summed E-state index contributed by atoms with van der Waals surface area (Å²) in [5, 5.41) is 6.66. The van der Waals surface area contributed by atoms with E-state index in [1.165, 1.54) is 5.56 Å². The monoisotopic (exact) mass is 259 g/mol. The zero-order valence-electron chi connectivity index (χ0n) is 10.9. The molecule has 5 nitrogen and oxygen atoms in total. The van der Waals surface area contributed by atoms with Crippen molar-refractivity contribution in [1.82, 2.24) is 14.8 Å². The third-order valence-electron chi connectivity index (χ3n) is 3.68. The van der Waals surface area contributed by atoms with Gasteiger partial charge in [0.15, 0.2) is 5.82 Å². The van der Waals surface area contributed by atoms with Gasteiger partial charge in [0.25, 0.3) is 0 Å². The molecule has 100 valence electrons. The van der Waals surface area contributed by atoms with Crippen LogP contribution in [0.4, 0.5) is 0 Å². The van der Waals surface area contributed by atoms with Crippen molar-refractivity contribution < 1.29 is 4.74 Å². The van der Waals surface area contributed by atoms with E-state index in [0.29, 0.717) is 19.0 Å². The Morgan fingerprint density at radius 2 is 2.21 bits per heavy atom. The molecule has 2 unspecified atom stereocenters. The smallest absolute Gasteiger partial charge is 0.343 e. The lowest BCUT2D eigenvalue weighted by molar-refractivity contribution is 0.0937. The van der Waals surface area contributed by atoms with Gasteiger partial charge in [0, 0.05) is 19.1 Å². The molecule has 1 aromatic carbocycles. The van der Waals surface area contributed by atoms with E-state index in [9.17, 15) is 4.79 Å². The summed E-state index contributed by atoms with van der Waals surface area (Å²) >= 11 is 0. The second-order valence-electron chi connectivity index (χ2n) is 4.73. The van der Waals surface area contributed by atoms with Crippen molar-refractivity contribution in [3.05, 3.63) is 52.2 Å². The SMILES string of the molecule is CCn1c(C2OCCC2c2ccccc2)n[nH]c1=O. The molecule has 1 fully saturated rings. The second kappa shape index (κ2) is 5.01. The second-order valence-corrected chi connectivity index (χ2v) is 4.73. The normalized spacial score (nSPS) is 22.8. The van der Waals surface area contributed by atoms with Crippen LogP contribution in [-0.4, -0.2) is 21.4 Å². The van der Waals surface area contributed by atoms with Crippen molar-refractivity contribution in [2.24, 2.45) is 0 Å². The number of nitrogens with one attached hydrogen (secondary N) is 1. The Hall–Kier alpha value is -1.88. The van der Waals surface area contributed by atoms with Crippen molar-refractivity contribution >= 4 is 0 Å². The highest BCUT2D eigenvalue weighted by atomic mass is 16.5. The summed E-state index contributed by atoms with van der Waals surface area (Å²) in [6.45, 7) is 3.24. The zero-order chi connectivity index (χ0) is 13.2. The molecule has 5 heteroatoms. The zero-order valence-corrected chi connectivity index (χ0v) is 10.9. The minimum atomic E-state index is -0.167. The lowest BCUT2D eigenvalue weighted by Gasteiger charge is -2.18. The highest BCUT2D eigenvalue weighted by molar-refractivity contribution is 5.23. The van der Waals surface area contributed by atoms with Crippen molar-refractivity contribution in [3.8, 4) is 0 Å². The summed E-state index contributed by atoms with van der Waals surface area (Å²) < 4.78 is 7.46. The first-order valence-corrected chi connectivity index (χ1v) is 6.63. The number of aromatic amines is 1. The van der Waals surface area contributed by atoms with Crippen LogP contribution in [-0.2, 0) is 11.3 Å². The number of rotatable bonds is 3. The van der Waals surface area contributed by atoms with Crippen molar-refractivity contribution in [2.75, 3.05) is 6.61 Å². The molecule has 1 saturated heterocycles. The maximum Gasteiger partial charge on any atom is 0.343 e. The highest BCUT2D eigenvalue weighted by Gasteiger charge is 2.34. The van der Waals surface area contributed by atoms with Crippen LogP contribution < -0.4 is 5.69 Å². The fourth-order valence-corrected chi connectivity index (χ4v) is 2.74. The average molecular weight is 259 g/mol. The minimum Gasteiger partial charge on any atom is -0.370 e. The number of benzene rings is 1. The van der Waals surface area contributed by atoms with Gasteiger partial charge in [0.2, 0.25) is 0 Å². The Labute approximate surface area is 111 Å². The number of H-pyrrole nitrogens is 1. The molecule has 2 heterocycles. The predicted octanol–water partition coefficient (Wildman–Crippen LogP) is 1.84. The Balaban J connectivity index is 1.98. The molecule has 1 N–H and O–H groups in total. The van der Waals surface area contributed by atoms with Gasteiger partial charge < -0.3 is 4.74 Å². The van der Waals surface area contributed by atoms with E-state index in [2.05, 4.69) is 22.3 Å². The Morgan fingerprint density at radius 1 is 1.42 bits per heavy atom. The molecule has 3 rings (SSSR count). The molecular formula is C14H17N3O2. The molecule has 19 heavy (non-hydrogen) atoms. The Morgan fingerprint density at radius 3 is 2.95 bits per heavy atom. The van der Waals surface area contributed by atoms with Gasteiger partial charge in [-0.25, -0.2) is 9.89 Å². The van der Waals surface area contributed by atoms with Crippen molar-refractivity contribution in [2.45, 2.75) is 31.9 Å². The maximum atomic E-state index is 11.7. The summed E-state index contributed by atoms with van der Waals surface area (Å²) in [6, 6.07) is 10.3. The third kappa shape index (κ3) is 2.10. The molecule has 0 saturated carbocycles. The predicted molar refractivity (Wildman–Crippen MR) is 71.0 cm³/mol. The van der Waals surface area contributed by atoms with Gasteiger partial charge in [-0.2, -0.15) is 5.10 Å². The Bertz CT molecular complexity index is 603. The molecule has 1 aliphatic rings. The molecule has 0 bridgehead atoms. The van der Waals surface area contributed by atoms with Gasteiger partial charge in [0.05, 0.1) is 0 Å². The summed E-state index contributed by atoms with van der Waals surface area (Å²) in [6.07, 6.45) is 0.820. The lowest BCUT2D eigenvalue weighted by Crippen LogP contribution is -2.20. The van der Waals surface area contributed by atoms with Crippen LogP contribution in [0.5, 0.6) is 0 Å². The van der Waals surface area contributed by atoms with Gasteiger partial charge in [0.1, 0.15) is 6.10 Å². The van der Waals surface area contributed by atoms with Crippen LogP contribution in [0.25, 0.3) is 0 Å². The van der Waals surface area contributed by atoms with Crippen molar-refractivity contribution in [3.63, 3.8) is 0 Å². The third-order valence-corrected chi connectivity index (χ3v) is 3.68. The van der Waals surface area contributed by atoms with E-state index in [-0.39, 0.29) is 17.7 Å². The topological polar surface area (TPSA) is 59.9 Å². The van der Waals surface area contributed by atoms with Crippen LogP contribution >= 0.6 is 0 Å². The minimum absolute atomic E-state index is 0.138. The number of aromatic nitrogens is 3. The number of ether oxygens (including phenoxy) is 1. The first-order chi connectivity index (χ1) is 9.31. The van der Waals surface area contributed by atoms with Crippen LogP contribution in [0.3, 0.4) is 0 Å². The summed E-state index contributed by atoms with van der Waals surface area (Å²) in [5.74, 6) is 0.973. The standard InChI is InChI=1S/C14H17N3O2/c1-2-17-13(15-16-14(17)18)12-11(8-9-19-12)10-6-4-3-5-7-10/h3-7,11-12H,2,8-9H2,1H3,(H,16,18). The maximum absolute atomic E-state index is 11.7. The largest absolute Gasteiger partial charge is 0.370 e. The van der Waals surface area contributed by atoms with Crippen LogP contribution in [0.2, 0.25) is 0 Å². The van der Waals surface area contributed by atoms with Gasteiger partial charge in [-0.05, 0) is 18.9 Å².